The third-order valence-electron chi connectivity index (χ3n) is 2.38. The molecule has 0 radical (unpaired) electrons. The Morgan fingerprint density at radius 1 is 1.47 bits per heavy atom. The molecule has 1 aliphatic heterocycles. The predicted molar refractivity (Wildman–Crippen MR) is 65.1 cm³/mol. The summed E-state index contributed by atoms with van der Waals surface area (Å²) >= 11 is 5.47. The Hall–Kier alpha value is -0.970. The molecule has 1 heterocycles. The second-order valence-corrected chi connectivity index (χ2v) is 5.37. The highest BCUT2D eigenvalue weighted by molar-refractivity contribution is 6.27. The van der Waals surface area contributed by atoms with Gasteiger partial charge in [-0.05, 0) is 27.2 Å². The van der Waals surface area contributed by atoms with Crippen LogP contribution in [0.3, 0.4) is 0 Å². The summed E-state index contributed by atoms with van der Waals surface area (Å²) in [7, 11) is 0. The second-order valence-electron chi connectivity index (χ2n) is 5.11. The van der Waals surface area contributed by atoms with Gasteiger partial charge in [0.1, 0.15) is 11.5 Å². The van der Waals surface area contributed by atoms with Crippen molar-refractivity contribution < 1.29 is 14.3 Å². The molecule has 2 amide bonds. The lowest BCUT2D eigenvalue weighted by Crippen LogP contribution is -2.41. The van der Waals surface area contributed by atoms with Crippen LogP contribution in [0.25, 0.3) is 0 Å². The van der Waals surface area contributed by atoms with Crippen molar-refractivity contribution in [1.82, 2.24) is 10.2 Å². The average molecular weight is 263 g/mol. The number of hydrogen-bond acceptors (Lipinski definition) is 3. The van der Waals surface area contributed by atoms with Crippen molar-refractivity contribution in [2.45, 2.75) is 38.8 Å². The highest BCUT2D eigenvalue weighted by Gasteiger charge is 2.28. The Bertz CT molecular complexity index is 302. The lowest BCUT2D eigenvalue weighted by Gasteiger charge is -2.21. The topological polar surface area (TPSA) is 58.6 Å². The van der Waals surface area contributed by atoms with Gasteiger partial charge in [0.2, 0.25) is 5.91 Å². The molecule has 0 unspecified atom stereocenters. The minimum Gasteiger partial charge on any atom is -0.444 e. The molecule has 1 atom stereocenters. The van der Waals surface area contributed by atoms with Crippen molar-refractivity contribution in [3.05, 3.63) is 0 Å². The quantitative estimate of drug-likeness (QED) is 0.765. The molecule has 0 saturated carbocycles. The minimum atomic E-state index is -0.506. The summed E-state index contributed by atoms with van der Waals surface area (Å²) in [5.41, 5.74) is -0.506. The molecule has 0 aliphatic carbocycles. The number of carbonyl (C=O) groups excluding carboxylic acids is 2. The number of hydrogen-bond donors (Lipinski definition) is 1. The minimum absolute atomic E-state index is 0.0147. The zero-order valence-electron chi connectivity index (χ0n) is 10.5. The van der Waals surface area contributed by atoms with E-state index in [9.17, 15) is 9.59 Å². The van der Waals surface area contributed by atoms with Gasteiger partial charge < -0.3 is 15.0 Å². The first kappa shape index (κ1) is 14.1. The number of ether oxygens (including phenoxy) is 1. The van der Waals surface area contributed by atoms with E-state index in [2.05, 4.69) is 5.32 Å². The number of nitrogens with one attached hydrogen (secondary N) is 1. The number of nitrogens with zero attached hydrogens (tertiary/aromatic N) is 1. The number of alkyl carbamates (subject to hydrolysis) is 1. The van der Waals surface area contributed by atoms with Gasteiger partial charge in [0.25, 0.3) is 0 Å². The third kappa shape index (κ3) is 4.81. The zero-order valence-corrected chi connectivity index (χ0v) is 11.2. The van der Waals surface area contributed by atoms with Crippen molar-refractivity contribution in [2.24, 2.45) is 0 Å². The van der Waals surface area contributed by atoms with Gasteiger partial charge in [-0.3, -0.25) is 4.79 Å². The molecule has 0 bridgehead atoms. The molecule has 1 saturated heterocycles. The smallest absolute Gasteiger partial charge is 0.407 e. The molecular formula is C11H19ClN2O3. The number of halogens is 1. The van der Waals surface area contributed by atoms with Gasteiger partial charge in [0.15, 0.2) is 0 Å². The number of alkyl halides is 1. The standard InChI is InChI=1S/C11H19ClN2O3/c1-11(2,3)17-10(16)13-8-4-5-14(7-8)9(15)6-12/h8H,4-7H2,1-3H3,(H,13,16)/t8-/m1/s1. The van der Waals surface area contributed by atoms with Gasteiger partial charge in [-0.2, -0.15) is 0 Å². The second kappa shape index (κ2) is 5.58. The van der Waals surface area contributed by atoms with E-state index in [-0.39, 0.29) is 17.8 Å². The van der Waals surface area contributed by atoms with E-state index in [1.807, 2.05) is 20.8 Å². The Labute approximate surface area is 106 Å². The Morgan fingerprint density at radius 3 is 2.65 bits per heavy atom. The van der Waals surface area contributed by atoms with Crippen LogP contribution >= 0.6 is 11.6 Å². The van der Waals surface area contributed by atoms with E-state index < -0.39 is 11.7 Å². The van der Waals surface area contributed by atoms with Crippen molar-refractivity contribution in [2.75, 3.05) is 19.0 Å². The molecule has 0 aromatic rings. The number of amides is 2. The Balaban J connectivity index is 2.35. The highest BCUT2D eigenvalue weighted by atomic mass is 35.5. The normalized spacial score (nSPS) is 20.2. The number of carbonyl (C=O) groups is 2. The molecule has 0 aromatic carbocycles. The van der Waals surface area contributed by atoms with Crippen LogP contribution in [0, 0.1) is 0 Å². The summed E-state index contributed by atoms with van der Waals surface area (Å²) in [5, 5.41) is 2.75. The molecule has 6 heteroatoms. The van der Waals surface area contributed by atoms with Crippen LogP contribution in [0.1, 0.15) is 27.2 Å². The van der Waals surface area contributed by atoms with Gasteiger partial charge in [-0.1, -0.05) is 0 Å². The predicted octanol–water partition coefficient (Wildman–Crippen LogP) is 1.35. The fraction of sp³-hybridized carbons (Fsp3) is 0.818. The van der Waals surface area contributed by atoms with Gasteiger partial charge in [0, 0.05) is 13.1 Å². The molecule has 98 valence electrons. The van der Waals surface area contributed by atoms with E-state index in [4.69, 9.17) is 16.3 Å². The van der Waals surface area contributed by atoms with Crippen LogP contribution in [-0.2, 0) is 9.53 Å². The average Bonchev–Trinajstić information content (AvgIpc) is 2.62. The molecule has 17 heavy (non-hydrogen) atoms. The SMILES string of the molecule is CC(C)(C)OC(=O)N[C@@H]1CCN(C(=O)CCl)C1. The lowest BCUT2D eigenvalue weighted by molar-refractivity contribution is -0.127. The lowest BCUT2D eigenvalue weighted by atomic mass is 10.2. The van der Waals surface area contributed by atoms with Crippen molar-refractivity contribution in [3.8, 4) is 0 Å². The molecule has 5 nitrogen and oxygen atoms in total. The Kier molecular flexibility index (Phi) is 4.62. The van der Waals surface area contributed by atoms with Crippen LogP contribution in [0.2, 0.25) is 0 Å². The van der Waals surface area contributed by atoms with Crippen molar-refractivity contribution in [3.63, 3.8) is 0 Å². The van der Waals surface area contributed by atoms with Gasteiger partial charge in [-0.15, -0.1) is 11.6 Å². The fourth-order valence-electron chi connectivity index (χ4n) is 1.66. The summed E-state index contributed by atoms with van der Waals surface area (Å²) < 4.78 is 5.14. The summed E-state index contributed by atoms with van der Waals surface area (Å²) in [4.78, 5) is 24.5. The van der Waals surface area contributed by atoms with E-state index in [1.165, 1.54) is 0 Å². The van der Waals surface area contributed by atoms with Gasteiger partial charge in [0.05, 0.1) is 6.04 Å². The largest absolute Gasteiger partial charge is 0.444 e. The maximum absolute atomic E-state index is 11.5. The monoisotopic (exact) mass is 262 g/mol. The number of likely N-dealkylation sites (tertiary alicyclic amines) is 1. The third-order valence-corrected chi connectivity index (χ3v) is 2.60. The Morgan fingerprint density at radius 2 is 2.12 bits per heavy atom. The summed E-state index contributed by atoms with van der Waals surface area (Å²) in [5.74, 6) is -0.112. The molecule has 0 spiro atoms. The van der Waals surface area contributed by atoms with Crippen LogP contribution in [-0.4, -0.2) is 47.5 Å². The maximum atomic E-state index is 11.5. The molecule has 1 rings (SSSR count). The molecule has 1 fully saturated rings. The first-order chi connectivity index (χ1) is 7.81. The maximum Gasteiger partial charge on any atom is 0.407 e. The highest BCUT2D eigenvalue weighted by Crippen LogP contribution is 2.12. The van der Waals surface area contributed by atoms with Gasteiger partial charge >= 0.3 is 6.09 Å². The number of rotatable bonds is 2. The van der Waals surface area contributed by atoms with E-state index in [0.717, 1.165) is 6.42 Å². The fourth-order valence-corrected chi connectivity index (χ4v) is 1.83. The first-order valence-electron chi connectivity index (χ1n) is 5.65. The van der Waals surface area contributed by atoms with Crippen molar-refractivity contribution >= 4 is 23.6 Å². The summed E-state index contributed by atoms with van der Waals surface area (Å²) in [6.07, 6.45) is 0.296. The van der Waals surface area contributed by atoms with Crippen molar-refractivity contribution in [1.29, 1.82) is 0 Å². The first-order valence-corrected chi connectivity index (χ1v) is 6.18. The zero-order chi connectivity index (χ0) is 13.1. The van der Waals surface area contributed by atoms with E-state index in [0.29, 0.717) is 13.1 Å². The van der Waals surface area contributed by atoms with Crippen LogP contribution in [0.4, 0.5) is 4.79 Å². The molecular weight excluding hydrogens is 244 g/mol. The van der Waals surface area contributed by atoms with E-state index >= 15 is 0 Å². The van der Waals surface area contributed by atoms with E-state index in [1.54, 1.807) is 4.90 Å². The molecule has 1 N–H and O–H groups in total. The summed E-state index contributed by atoms with van der Waals surface area (Å²) in [6.45, 7) is 6.57. The van der Waals surface area contributed by atoms with Crippen LogP contribution < -0.4 is 5.32 Å². The summed E-state index contributed by atoms with van der Waals surface area (Å²) in [6, 6.07) is -0.0444. The van der Waals surface area contributed by atoms with Gasteiger partial charge in [-0.25, -0.2) is 4.79 Å². The molecule has 1 aliphatic rings. The molecule has 0 aromatic heterocycles. The van der Waals surface area contributed by atoms with Crippen LogP contribution in [0.5, 0.6) is 0 Å². The van der Waals surface area contributed by atoms with Crippen LogP contribution in [0.15, 0.2) is 0 Å².